The Kier molecular flexibility index (Phi) is 4.36. The second-order valence-electron chi connectivity index (χ2n) is 5.64. The number of rotatable bonds is 4. The van der Waals surface area contributed by atoms with Crippen molar-refractivity contribution < 1.29 is 14.7 Å². The normalized spacial score (nSPS) is 17.9. The molecule has 1 aromatic carbocycles. The maximum atomic E-state index is 12.5. The van der Waals surface area contributed by atoms with Crippen LogP contribution in [-0.2, 0) is 11.3 Å². The Labute approximate surface area is 133 Å². The minimum atomic E-state index is -0.963. The minimum absolute atomic E-state index is 0.189. The van der Waals surface area contributed by atoms with Crippen molar-refractivity contribution in [2.24, 2.45) is 0 Å². The summed E-state index contributed by atoms with van der Waals surface area (Å²) in [6, 6.07) is 8.97. The van der Waals surface area contributed by atoms with Gasteiger partial charge in [-0.25, -0.2) is 9.48 Å². The zero-order valence-corrected chi connectivity index (χ0v) is 12.6. The van der Waals surface area contributed by atoms with Gasteiger partial charge in [-0.05, 0) is 24.8 Å². The summed E-state index contributed by atoms with van der Waals surface area (Å²) in [4.78, 5) is 25.2. The smallest absolute Gasteiger partial charge is 0.326 e. The van der Waals surface area contributed by atoms with Gasteiger partial charge in [0.05, 0.1) is 12.7 Å². The summed E-state index contributed by atoms with van der Waals surface area (Å²) in [6.45, 7) is 0.963. The Morgan fingerprint density at radius 3 is 2.74 bits per heavy atom. The Morgan fingerprint density at radius 2 is 2.00 bits per heavy atom. The van der Waals surface area contributed by atoms with Crippen LogP contribution in [0.3, 0.4) is 0 Å². The molecule has 3 rings (SSSR count). The molecule has 0 spiro atoms. The van der Waals surface area contributed by atoms with Gasteiger partial charge in [-0.3, -0.25) is 4.79 Å². The van der Waals surface area contributed by atoms with Crippen molar-refractivity contribution in [2.75, 3.05) is 6.54 Å². The molecule has 7 nitrogen and oxygen atoms in total. The molecular weight excluding hydrogens is 296 g/mol. The molecule has 0 bridgehead atoms. The number of nitrogens with zero attached hydrogens (tertiary/aromatic N) is 4. The molecular formula is C16H18N4O3. The zero-order chi connectivity index (χ0) is 16.2. The maximum absolute atomic E-state index is 12.5. The van der Waals surface area contributed by atoms with Crippen LogP contribution >= 0.6 is 0 Å². The standard InChI is InChI=1S/C16H18N4O3/c21-15(20-9-5-4-8-14(20)16(22)23)13-11-19(18-17-13)10-12-6-2-1-3-7-12/h1-3,6-7,11,14H,4-5,8-10H2,(H,22,23)/t14-/m1/s1. The molecule has 1 fully saturated rings. The van der Waals surface area contributed by atoms with Gasteiger partial charge in [0.25, 0.3) is 5.91 Å². The second-order valence-corrected chi connectivity index (χ2v) is 5.64. The molecule has 2 aromatic rings. The first-order valence-electron chi connectivity index (χ1n) is 7.63. The van der Waals surface area contributed by atoms with Gasteiger partial charge in [-0.15, -0.1) is 5.10 Å². The van der Waals surface area contributed by atoms with Crippen LogP contribution in [0, 0.1) is 0 Å². The average Bonchev–Trinajstić information content (AvgIpc) is 3.03. The van der Waals surface area contributed by atoms with Crippen LogP contribution in [0.4, 0.5) is 0 Å². The lowest BCUT2D eigenvalue weighted by Gasteiger charge is -2.32. The van der Waals surface area contributed by atoms with Crippen molar-refractivity contribution in [2.45, 2.75) is 31.8 Å². The number of hydrogen-bond donors (Lipinski definition) is 1. The second kappa shape index (κ2) is 6.60. The molecule has 1 saturated heterocycles. The lowest BCUT2D eigenvalue weighted by atomic mass is 10.0. The lowest BCUT2D eigenvalue weighted by Crippen LogP contribution is -2.48. The predicted octanol–water partition coefficient (Wildman–Crippen LogP) is 1.41. The number of piperidine rings is 1. The van der Waals surface area contributed by atoms with E-state index >= 15 is 0 Å². The first-order valence-corrected chi connectivity index (χ1v) is 7.63. The first-order chi connectivity index (χ1) is 11.1. The van der Waals surface area contributed by atoms with E-state index in [1.807, 2.05) is 30.3 Å². The zero-order valence-electron chi connectivity index (χ0n) is 12.6. The van der Waals surface area contributed by atoms with Crippen molar-refractivity contribution >= 4 is 11.9 Å². The highest BCUT2D eigenvalue weighted by Gasteiger charge is 2.33. The number of carbonyl (C=O) groups is 2. The molecule has 1 aliphatic heterocycles. The highest BCUT2D eigenvalue weighted by molar-refractivity contribution is 5.94. The molecule has 1 N–H and O–H groups in total. The number of carboxylic acid groups (broad SMARTS) is 1. The van der Waals surface area contributed by atoms with Crippen molar-refractivity contribution in [3.63, 3.8) is 0 Å². The molecule has 23 heavy (non-hydrogen) atoms. The van der Waals surface area contributed by atoms with E-state index in [0.717, 1.165) is 18.4 Å². The predicted molar refractivity (Wildman–Crippen MR) is 81.9 cm³/mol. The molecule has 0 unspecified atom stereocenters. The molecule has 1 atom stereocenters. The Hall–Kier alpha value is -2.70. The summed E-state index contributed by atoms with van der Waals surface area (Å²) in [6.07, 6.45) is 3.69. The van der Waals surface area contributed by atoms with E-state index in [2.05, 4.69) is 10.3 Å². The number of likely N-dealkylation sites (tertiary alicyclic amines) is 1. The summed E-state index contributed by atoms with van der Waals surface area (Å²) < 4.78 is 1.59. The SMILES string of the molecule is O=C(O)[C@H]1CCCCN1C(=O)c1cn(Cc2ccccc2)nn1. The third kappa shape index (κ3) is 3.39. The molecule has 0 radical (unpaired) electrons. The van der Waals surface area contributed by atoms with Gasteiger partial charge in [0.2, 0.25) is 0 Å². The molecule has 0 saturated carbocycles. The van der Waals surface area contributed by atoms with E-state index in [9.17, 15) is 14.7 Å². The quantitative estimate of drug-likeness (QED) is 0.921. The van der Waals surface area contributed by atoms with Crippen LogP contribution in [0.1, 0.15) is 35.3 Å². The van der Waals surface area contributed by atoms with E-state index in [1.165, 1.54) is 4.90 Å². The van der Waals surface area contributed by atoms with E-state index in [4.69, 9.17) is 0 Å². The fraction of sp³-hybridized carbons (Fsp3) is 0.375. The molecule has 2 heterocycles. The van der Waals surface area contributed by atoms with Crippen molar-refractivity contribution in [1.82, 2.24) is 19.9 Å². The Bertz CT molecular complexity index is 698. The number of amides is 1. The molecule has 1 aliphatic rings. The van der Waals surface area contributed by atoms with Gasteiger partial charge in [-0.1, -0.05) is 35.5 Å². The number of carbonyl (C=O) groups excluding carboxylic acids is 1. The molecule has 120 valence electrons. The van der Waals surface area contributed by atoms with Gasteiger partial charge < -0.3 is 10.0 Å². The fourth-order valence-electron chi connectivity index (χ4n) is 2.82. The summed E-state index contributed by atoms with van der Waals surface area (Å²) in [5.41, 5.74) is 1.24. The van der Waals surface area contributed by atoms with Crippen LogP contribution in [0.25, 0.3) is 0 Å². The van der Waals surface area contributed by atoms with Gasteiger partial charge in [0.15, 0.2) is 5.69 Å². The van der Waals surface area contributed by atoms with E-state index in [0.29, 0.717) is 19.5 Å². The number of hydrogen-bond acceptors (Lipinski definition) is 4. The highest BCUT2D eigenvalue weighted by atomic mass is 16.4. The van der Waals surface area contributed by atoms with Crippen LogP contribution in [0.5, 0.6) is 0 Å². The lowest BCUT2D eigenvalue weighted by molar-refractivity contribution is -0.143. The monoisotopic (exact) mass is 314 g/mol. The van der Waals surface area contributed by atoms with Crippen molar-refractivity contribution in [1.29, 1.82) is 0 Å². The first kappa shape index (κ1) is 15.2. The summed E-state index contributed by atoms with van der Waals surface area (Å²) in [5, 5.41) is 17.1. The minimum Gasteiger partial charge on any atom is -0.480 e. The van der Waals surface area contributed by atoms with Gasteiger partial charge >= 0.3 is 5.97 Å². The maximum Gasteiger partial charge on any atom is 0.326 e. The molecule has 1 aromatic heterocycles. The fourth-order valence-corrected chi connectivity index (χ4v) is 2.82. The average molecular weight is 314 g/mol. The van der Waals surface area contributed by atoms with Crippen LogP contribution in [-0.4, -0.2) is 49.5 Å². The van der Waals surface area contributed by atoms with E-state index < -0.39 is 12.0 Å². The van der Waals surface area contributed by atoms with Gasteiger partial charge in [0.1, 0.15) is 6.04 Å². The van der Waals surface area contributed by atoms with Crippen LogP contribution < -0.4 is 0 Å². The van der Waals surface area contributed by atoms with E-state index in [-0.39, 0.29) is 11.6 Å². The number of aliphatic carboxylic acids is 1. The van der Waals surface area contributed by atoms with Crippen LogP contribution in [0.15, 0.2) is 36.5 Å². The largest absolute Gasteiger partial charge is 0.480 e. The third-order valence-corrected chi connectivity index (χ3v) is 3.99. The number of aromatic nitrogens is 3. The van der Waals surface area contributed by atoms with Crippen molar-refractivity contribution in [3.05, 3.63) is 47.8 Å². The number of carboxylic acids is 1. The molecule has 0 aliphatic carbocycles. The third-order valence-electron chi connectivity index (χ3n) is 3.99. The highest BCUT2D eigenvalue weighted by Crippen LogP contribution is 2.19. The van der Waals surface area contributed by atoms with Gasteiger partial charge in [-0.2, -0.15) is 0 Å². The Morgan fingerprint density at radius 1 is 1.22 bits per heavy atom. The van der Waals surface area contributed by atoms with E-state index in [1.54, 1.807) is 10.9 Å². The van der Waals surface area contributed by atoms with Gasteiger partial charge in [0, 0.05) is 6.54 Å². The Balaban J connectivity index is 1.74. The van der Waals surface area contributed by atoms with Crippen LogP contribution in [0.2, 0.25) is 0 Å². The topological polar surface area (TPSA) is 88.3 Å². The summed E-state index contributed by atoms with van der Waals surface area (Å²) in [5.74, 6) is -1.33. The number of benzene rings is 1. The summed E-state index contributed by atoms with van der Waals surface area (Å²) in [7, 11) is 0. The van der Waals surface area contributed by atoms with Crippen molar-refractivity contribution in [3.8, 4) is 0 Å². The molecule has 1 amide bonds. The molecule has 7 heteroatoms. The summed E-state index contributed by atoms with van der Waals surface area (Å²) >= 11 is 0.